The molecule has 1 aromatic carbocycles. The highest BCUT2D eigenvalue weighted by Crippen LogP contribution is 2.11. The van der Waals surface area contributed by atoms with E-state index in [1.54, 1.807) is 0 Å². The summed E-state index contributed by atoms with van der Waals surface area (Å²) < 4.78 is 7.37. The van der Waals surface area contributed by atoms with Gasteiger partial charge in [0.2, 0.25) is 0 Å². The summed E-state index contributed by atoms with van der Waals surface area (Å²) in [6.07, 6.45) is 1.83. The summed E-state index contributed by atoms with van der Waals surface area (Å²) in [5.74, 6) is 0. The number of rotatable bonds is 5. The first-order valence-electron chi connectivity index (χ1n) is 5.54. The van der Waals surface area contributed by atoms with Gasteiger partial charge in [0, 0.05) is 19.2 Å². The van der Waals surface area contributed by atoms with Gasteiger partial charge in [0.25, 0.3) is 0 Å². The van der Waals surface area contributed by atoms with Gasteiger partial charge in [-0.2, -0.15) is 0 Å². The minimum absolute atomic E-state index is 0.0116. The van der Waals surface area contributed by atoms with Crippen LogP contribution in [0, 0.1) is 0 Å². The summed E-state index contributed by atoms with van der Waals surface area (Å²) in [7, 11) is 0. The number of ether oxygens (including phenoxy) is 1. The predicted octanol–water partition coefficient (Wildman–Crippen LogP) is 1.40. The summed E-state index contributed by atoms with van der Waals surface area (Å²) in [5.41, 5.74) is 8.09. The van der Waals surface area contributed by atoms with Crippen LogP contribution in [-0.2, 0) is 11.3 Å². The average Bonchev–Trinajstić information content (AvgIpc) is 2.70. The van der Waals surface area contributed by atoms with Crippen molar-refractivity contribution < 1.29 is 4.74 Å². The fourth-order valence-corrected chi connectivity index (χ4v) is 1.73. The third-order valence-electron chi connectivity index (χ3n) is 2.49. The van der Waals surface area contributed by atoms with E-state index in [2.05, 4.69) is 15.6 Å². The number of hydrogen-bond donors (Lipinski definition) is 1. The van der Waals surface area contributed by atoms with Crippen molar-refractivity contribution in [3.8, 4) is 0 Å². The summed E-state index contributed by atoms with van der Waals surface area (Å²) in [6.45, 7) is 4.00. The van der Waals surface area contributed by atoms with Gasteiger partial charge in [-0.05, 0) is 19.1 Å². The van der Waals surface area contributed by atoms with E-state index in [9.17, 15) is 0 Å². The Morgan fingerprint density at radius 2 is 2.25 bits per heavy atom. The van der Waals surface area contributed by atoms with E-state index in [1.807, 2.05) is 31.5 Å². The number of nitrogens with two attached hydrogens (primary N) is 1. The molecule has 0 fully saturated rings. The monoisotopic (exact) mass is 219 g/mol. The highest BCUT2D eigenvalue weighted by molar-refractivity contribution is 5.74. The maximum atomic E-state index is 5.97. The predicted molar refractivity (Wildman–Crippen MR) is 64.2 cm³/mol. The molecule has 86 valence electrons. The fraction of sp³-hybridized carbons (Fsp3) is 0.417. The molecule has 16 heavy (non-hydrogen) atoms. The van der Waals surface area contributed by atoms with Gasteiger partial charge < -0.3 is 15.0 Å². The quantitative estimate of drug-likeness (QED) is 0.827. The Bertz CT molecular complexity index is 452. The Morgan fingerprint density at radius 1 is 1.44 bits per heavy atom. The number of para-hydroxylation sites is 2. The highest BCUT2D eigenvalue weighted by atomic mass is 16.5. The van der Waals surface area contributed by atoms with E-state index in [-0.39, 0.29) is 6.04 Å². The third-order valence-corrected chi connectivity index (χ3v) is 2.49. The lowest BCUT2D eigenvalue weighted by Crippen LogP contribution is -2.31. The molecule has 1 unspecified atom stereocenters. The molecular weight excluding hydrogens is 202 g/mol. The van der Waals surface area contributed by atoms with Crippen molar-refractivity contribution in [3.63, 3.8) is 0 Å². The second-order valence-corrected chi connectivity index (χ2v) is 3.81. The Kier molecular flexibility index (Phi) is 3.54. The van der Waals surface area contributed by atoms with Gasteiger partial charge in [0.05, 0.1) is 24.0 Å². The van der Waals surface area contributed by atoms with Crippen molar-refractivity contribution in [1.82, 2.24) is 9.55 Å². The van der Waals surface area contributed by atoms with E-state index < -0.39 is 0 Å². The molecule has 0 amide bonds. The van der Waals surface area contributed by atoms with Gasteiger partial charge in [-0.25, -0.2) is 4.98 Å². The van der Waals surface area contributed by atoms with Crippen molar-refractivity contribution in [2.45, 2.75) is 19.5 Å². The van der Waals surface area contributed by atoms with Crippen LogP contribution >= 0.6 is 0 Å². The first-order valence-corrected chi connectivity index (χ1v) is 5.54. The Balaban J connectivity index is 2.09. The number of imidazole rings is 1. The molecule has 0 saturated heterocycles. The van der Waals surface area contributed by atoms with Crippen molar-refractivity contribution in [1.29, 1.82) is 0 Å². The second-order valence-electron chi connectivity index (χ2n) is 3.81. The maximum Gasteiger partial charge on any atom is 0.0958 e. The molecule has 0 spiro atoms. The molecule has 0 saturated carbocycles. The second kappa shape index (κ2) is 5.09. The maximum absolute atomic E-state index is 5.97. The van der Waals surface area contributed by atoms with E-state index in [0.29, 0.717) is 13.2 Å². The zero-order chi connectivity index (χ0) is 11.4. The standard InChI is InChI=1S/C12H17N3O/c1-2-16-8-10(13)7-15-9-14-11-5-3-4-6-12(11)15/h3-6,9-10H,2,7-8,13H2,1H3. The largest absolute Gasteiger partial charge is 0.380 e. The van der Waals surface area contributed by atoms with Gasteiger partial charge in [0.1, 0.15) is 0 Å². The smallest absolute Gasteiger partial charge is 0.0958 e. The lowest BCUT2D eigenvalue weighted by atomic mass is 10.3. The van der Waals surface area contributed by atoms with Gasteiger partial charge in [-0.3, -0.25) is 0 Å². The Morgan fingerprint density at radius 3 is 3.06 bits per heavy atom. The first-order chi connectivity index (χ1) is 7.81. The van der Waals surface area contributed by atoms with E-state index in [1.165, 1.54) is 0 Å². The molecule has 0 aliphatic heterocycles. The zero-order valence-electron chi connectivity index (χ0n) is 9.47. The molecular formula is C12H17N3O. The van der Waals surface area contributed by atoms with Crippen molar-refractivity contribution in [2.75, 3.05) is 13.2 Å². The molecule has 2 N–H and O–H groups in total. The lowest BCUT2D eigenvalue weighted by molar-refractivity contribution is 0.129. The van der Waals surface area contributed by atoms with Crippen LogP contribution in [0.4, 0.5) is 0 Å². The van der Waals surface area contributed by atoms with Crippen molar-refractivity contribution >= 4 is 11.0 Å². The van der Waals surface area contributed by atoms with Gasteiger partial charge >= 0.3 is 0 Å². The minimum atomic E-state index is 0.0116. The molecule has 0 bridgehead atoms. The van der Waals surface area contributed by atoms with Crippen LogP contribution in [0.3, 0.4) is 0 Å². The molecule has 1 aromatic heterocycles. The van der Waals surface area contributed by atoms with Gasteiger partial charge in [-0.1, -0.05) is 12.1 Å². The number of aromatic nitrogens is 2. The summed E-state index contributed by atoms with van der Waals surface area (Å²) in [4.78, 5) is 4.32. The number of fused-ring (bicyclic) bond motifs is 1. The zero-order valence-corrected chi connectivity index (χ0v) is 9.47. The van der Waals surface area contributed by atoms with Crippen LogP contribution < -0.4 is 5.73 Å². The normalized spacial score (nSPS) is 13.1. The lowest BCUT2D eigenvalue weighted by Gasteiger charge is -2.12. The number of nitrogens with zero attached hydrogens (tertiary/aromatic N) is 2. The third kappa shape index (κ3) is 2.40. The van der Waals surface area contributed by atoms with Crippen molar-refractivity contribution in [2.24, 2.45) is 5.73 Å². The molecule has 1 heterocycles. The van der Waals surface area contributed by atoms with Crippen molar-refractivity contribution in [3.05, 3.63) is 30.6 Å². The van der Waals surface area contributed by atoms with E-state index in [4.69, 9.17) is 10.5 Å². The molecule has 0 radical (unpaired) electrons. The molecule has 0 aliphatic carbocycles. The van der Waals surface area contributed by atoms with Crippen LogP contribution in [0.5, 0.6) is 0 Å². The summed E-state index contributed by atoms with van der Waals surface area (Å²) >= 11 is 0. The Hall–Kier alpha value is -1.39. The van der Waals surface area contributed by atoms with Crippen LogP contribution in [0.25, 0.3) is 11.0 Å². The minimum Gasteiger partial charge on any atom is -0.380 e. The Labute approximate surface area is 95.0 Å². The first kappa shape index (κ1) is 11.1. The highest BCUT2D eigenvalue weighted by Gasteiger charge is 2.06. The van der Waals surface area contributed by atoms with E-state index in [0.717, 1.165) is 17.6 Å². The van der Waals surface area contributed by atoms with E-state index >= 15 is 0 Å². The fourth-order valence-electron chi connectivity index (χ4n) is 1.73. The summed E-state index contributed by atoms with van der Waals surface area (Å²) in [6, 6.07) is 8.06. The summed E-state index contributed by atoms with van der Waals surface area (Å²) in [5, 5.41) is 0. The number of hydrogen-bond acceptors (Lipinski definition) is 3. The van der Waals surface area contributed by atoms with Gasteiger partial charge in [0.15, 0.2) is 0 Å². The SMILES string of the molecule is CCOCC(N)Cn1cnc2ccccc21. The van der Waals surface area contributed by atoms with Gasteiger partial charge in [-0.15, -0.1) is 0 Å². The van der Waals surface area contributed by atoms with Crippen LogP contribution in [-0.4, -0.2) is 28.8 Å². The average molecular weight is 219 g/mol. The topological polar surface area (TPSA) is 53.1 Å². The molecule has 1 atom stereocenters. The number of benzene rings is 1. The molecule has 4 heteroatoms. The molecule has 2 aromatic rings. The molecule has 0 aliphatic rings. The van der Waals surface area contributed by atoms with Crippen LogP contribution in [0.15, 0.2) is 30.6 Å². The molecule has 2 rings (SSSR count). The molecule has 4 nitrogen and oxygen atoms in total. The van der Waals surface area contributed by atoms with Crippen LogP contribution in [0.1, 0.15) is 6.92 Å². The van der Waals surface area contributed by atoms with Crippen LogP contribution in [0.2, 0.25) is 0 Å².